The van der Waals surface area contributed by atoms with Gasteiger partial charge in [0, 0.05) is 31.6 Å². The molecule has 12 nitrogen and oxygen atoms in total. The van der Waals surface area contributed by atoms with Crippen molar-refractivity contribution >= 4 is 46.3 Å². The first kappa shape index (κ1) is 24.9. The number of pyridine rings is 1. The number of nitrogens with one attached hydrogen (secondary N) is 2. The van der Waals surface area contributed by atoms with Gasteiger partial charge in [0.1, 0.15) is 23.8 Å². The van der Waals surface area contributed by atoms with Crippen LogP contribution in [0.1, 0.15) is 0 Å². The zero-order chi connectivity index (χ0) is 26.1. The first-order chi connectivity index (χ1) is 17.8. The number of hydrogen-bond donors (Lipinski definition) is 3. The molecule has 0 aliphatic carbocycles. The standard InChI is InChI=1S/C23H23FN6O6S/c1-29-18(33)5-3-12-2-4-15(24)20(19(12)29)35-10-13(31)6-25-7-14-9-30(23(34)36-14)16-8-26-22-21(27-16)28-17(32)11-37-22/h2-5,8,13-14,25,31H,6-7,9-11H2,1H3,(H,27,28,32)/t13?,14-/m0/s1. The van der Waals surface area contributed by atoms with Gasteiger partial charge >= 0.3 is 6.09 Å². The van der Waals surface area contributed by atoms with E-state index in [2.05, 4.69) is 20.6 Å². The van der Waals surface area contributed by atoms with Crippen molar-refractivity contribution in [2.24, 2.45) is 7.05 Å². The molecule has 1 fully saturated rings. The third kappa shape index (κ3) is 5.21. The maximum absolute atomic E-state index is 14.4. The lowest BCUT2D eigenvalue weighted by molar-refractivity contribution is -0.113. The van der Waals surface area contributed by atoms with Gasteiger partial charge in [0.2, 0.25) is 5.91 Å². The fraction of sp³-hybridized carbons (Fsp3) is 0.348. The van der Waals surface area contributed by atoms with E-state index in [0.29, 0.717) is 21.7 Å². The number of nitrogens with zero attached hydrogens (tertiary/aromatic N) is 4. The Labute approximate surface area is 213 Å². The molecule has 3 aromatic rings. The Bertz CT molecular complexity index is 1430. The average molecular weight is 531 g/mol. The number of aliphatic hydroxyl groups is 1. The summed E-state index contributed by atoms with van der Waals surface area (Å²) < 4.78 is 26.6. The highest BCUT2D eigenvalue weighted by atomic mass is 32.2. The van der Waals surface area contributed by atoms with Crippen molar-refractivity contribution in [3.63, 3.8) is 0 Å². The molecule has 1 saturated heterocycles. The lowest BCUT2D eigenvalue weighted by Crippen LogP contribution is -2.37. The number of cyclic esters (lactones) is 1. The highest BCUT2D eigenvalue weighted by molar-refractivity contribution is 8.00. The van der Waals surface area contributed by atoms with E-state index >= 15 is 0 Å². The summed E-state index contributed by atoms with van der Waals surface area (Å²) in [5.41, 5.74) is -0.00983. The van der Waals surface area contributed by atoms with Crippen LogP contribution >= 0.6 is 11.8 Å². The van der Waals surface area contributed by atoms with E-state index in [-0.39, 0.29) is 55.0 Å². The molecule has 1 unspecified atom stereocenters. The topological polar surface area (TPSA) is 148 Å². The summed E-state index contributed by atoms with van der Waals surface area (Å²) in [5.74, 6) is -0.126. The maximum Gasteiger partial charge on any atom is 0.416 e. The van der Waals surface area contributed by atoms with E-state index in [1.54, 1.807) is 12.1 Å². The number of hydrogen-bond acceptors (Lipinski definition) is 10. The Morgan fingerprint density at radius 1 is 1.32 bits per heavy atom. The molecular weight excluding hydrogens is 507 g/mol. The molecule has 5 rings (SSSR count). The van der Waals surface area contributed by atoms with E-state index in [1.807, 2.05) is 0 Å². The number of aliphatic hydroxyl groups excluding tert-OH is 1. The summed E-state index contributed by atoms with van der Waals surface area (Å²) in [4.78, 5) is 45.8. The number of amides is 2. The highest BCUT2D eigenvalue weighted by Crippen LogP contribution is 2.30. The fourth-order valence-corrected chi connectivity index (χ4v) is 4.72. The number of anilines is 2. The Kier molecular flexibility index (Phi) is 6.95. The zero-order valence-electron chi connectivity index (χ0n) is 19.6. The molecule has 0 bridgehead atoms. The van der Waals surface area contributed by atoms with Gasteiger partial charge in [0.15, 0.2) is 23.2 Å². The van der Waals surface area contributed by atoms with Gasteiger partial charge in [0.05, 0.1) is 24.0 Å². The van der Waals surface area contributed by atoms with Gasteiger partial charge < -0.3 is 29.8 Å². The Morgan fingerprint density at radius 3 is 2.97 bits per heavy atom. The van der Waals surface area contributed by atoms with Gasteiger partial charge in [-0.25, -0.2) is 19.2 Å². The monoisotopic (exact) mass is 530 g/mol. The number of aromatic nitrogens is 3. The van der Waals surface area contributed by atoms with Gasteiger partial charge in [-0.2, -0.15) is 0 Å². The molecule has 14 heteroatoms. The van der Waals surface area contributed by atoms with Crippen LogP contribution in [-0.4, -0.2) is 75.8 Å². The molecule has 0 spiro atoms. The van der Waals surface area contributed by atoms with Crippen molar-refractivity contribution < 1.29 is 28.6 Å². The largest absolute Gasteiger partial charge is 0.486 e. The van der Waals surface area contributed by atoms with Gasteiger partial charge in [-0.15, -0.1) is 0 Å². The molecule has 2 aliphatic rings. The summed E-state index contributed by atoms with van der Waals surface area (Å²) in [7, 11) is 1.52. The van der Waals surface area contributed by atoms with Gasteiger partial charge in [-0.3, -0.25) is 14.5 Å². The number of benzene rings is 1. The molecule has 2 aromatic heterocycles. The van der Waals surface area contributed by atoms with Crippen LogP contribution in [-0.2, 0) is 16.6 Å². The molecule has 4 heterocycles. The molecular formula is C23H23FN6O6S. The highest BCUT2D eigenvalue weighted by Gasteiger charge is 2.34. The smallest absolute Gasteiger partial charge is 0.416 e. The van der Waals surface area contributed by atoms with Gasteiger partial charge in [-0.1, -0.05) is 11.8 Å². The van der Waals surface area contributed by atoms with E-state index < -0.39 is 24.1 Å². The van der Waals surface area contributed by atoms with Crippen molar-refractivity contribution in [1.82, 2.24) is 19.9 Å². The Morgan fingerprint density at radius 2 is 2.14 bits per heavy atom. The van der Waals surface area contributed by atoms with E-state index in [9.17, 15) is 23.9 Å². The van der Waals surface area contributed by atoms with E-state index in [0.717, 1.165) is 0 Å². The van der Waals surface area contributed by atoms with Crippen molar-refractivity contribution in [3.8, 4) is 5.75 Å². The number of fused-ring (bicyclic) bond motifs is 2. The van der Waals surface area contributed by atoms with E-state index in [1.165, 1.54) is 46.6 Å². The normalized spacial score (nSPS) is 17.9. The van der Waals surface area contributed by atoms with Crippen LogP contribution in [0.25, 0.3) is 10.9 Å². The van der Waals surface area contributed by atoms with Crippen molar-refractivity contribution in [1.29, 1.82) is 0 Å². The van der Waals surface area contributed by atoms with Crippen LogP contribution in [0.15, 0.2) is 40.3 Å². The molecule has 37 heavy (non-hydrogen) atoms. The van der Waals surface area contributed by atoms with Crippen LogP contribution in [0, 0.1) is 5.82 Å². The van der Waals surface area contributed by atoms with Crippen molar-refractivity contribution in [3.05, 3.63) is 46.6 Å². The summed E-state index contributed by atoms with van der Waals surface area (Å²) in [6, 6.07) is 5.76. The van der Waals surface area contributed by atoms with E-state index in [4.69, 9.17) is 9.47 Å². The average Bonchev–Trinajstić information content (AvgIpc) is 3.25. The third-order valence-electron chi connectivity index (χ3n) is 5.83. The van der Waals surface area contributed by atoms with Crippen molar-refractivity contribution in [2.75, 3.05) is 42.2 Å². The first-order valence-corrected chi connectivity index (χ1v) is 12.4. The second-order valence-corrected chi connectivity index (χ2v) is 9.47. The predicted molar refractivity (Wildman–Crippen MR) is 133 cm³/mol. The van der Waals surface area contributed by atoms with Crippen LogP contribution in [0.4, 0.5) is 20.8 Å². The summed E-state index contributed by atoms with van der Waals surface area (Å²) in [6.07, 6.45) is -0.676. The summed E-state index contributed by atoms with van der Waals surface area (Å²) in [6.45, 7) is 0.294. The predicted octanol–water partition coefficient (Wildman–Crippen LogP) is 0.867. The number of ether oxygens (including phenoxy) is 2. The first-order valence-electron chi connectivity index (χ1n) is 11.4. The molecule has 2 atom stereocenters. The number of carbonyl (C=O) groups is 2. The minimum absolute atomic E-state index is 0.0846. The lowest BCUT2D eigenvalue weighted by atomic mass is 10.2. The van der Waals surface area contributed by atoms with Crippen LogP contribution < -0.4 is 25.8 Å². The molecule has 2 amide bonds. The Hall–Kier alpha value is -3.75. The molecule has 194 valence electrons. The summed E-state index contributed by atoms with van der Waals surface area (Å²) in [5, 5.41) is 17.2. The molecule has 2 aliphatic heterocycles. The lowest BCUT2D eigenvalue weighted by Gasteiger charge is -2.18. The zero-order valence-corrected chi connectivity index (χ0v) is 20.5. The molecule has 3 N–H and O–H groups in total. The molecule has 0 saturated carbocycles. The number of carbonyl (C=O) groups excluding carboxylic acids is 2. The van der Waals surface area contributed by atoms with Crippen molar-refractivity contribution in [2.45, 2.75) is 17.2 Å². The third-order valence-corrected chi connectivity index (χ3v) is 6.81. The quantitative estimate of drug-likeness (QED) is 0.383. The van der Waals surface area contributed by atoms with Crippen LogP contribution in [0.5, 0.6) is 5.75 Å². The van der Waals surface area contributed by atoms with Crippen LogP contribution in [0.2, 0.25) is 0 Å². The molecule has 1 aromatic carbocycles. The number of aryl methyl sites for hydroxylation is 1. The van der Waals surface area contributed by atoms with Crippen LogP contribution in [0.3, 0.4) is 0 Å². The maximum atomic E-state index is 14.4. The molecule has 0 radical (unpaired) electrons. The number of rotatable bonds is 8. The number of halogens is 1. The minimum Gasteiger partial charge on any atom is -0.486 e. The minimum atomic E-state index is -1.00. The SMILES string of the molecule is Cn1c(=O)ccc2ccc(F)c(OCC(O)CNC[C@H]3CN(c4cnc5c(n4)NC(=O)CS5)C(=O)O3)c21. The number of thioether (sulfide) groups is 1. The summed E-state index contributed by atoms with van der Waals surface area (Å²) >= 11 is 1.27. The fourth-order valence-electron chi connectivity index (χ4n) is 4.01. The van der Waals surface area contributed by atoms with Gasteiger partial charge in [-0.05, 0) is 18.2 Å². The van der Waals surface area contributed by atoms with Gasteiger partial charge in [0.25, 0.3) is 5.56 Å². The second-order valence-electron chi connectivity index (χ2n) is 8.50. The second kappa shape index (κ2) is 10.3. The Balaban J connectivity index is 1.14.